The molecule has 0 unspecified atom stereocenters. The van der Waals surface area contributed by atoms with Crippen LogP contribution in [0.2, 0.25) is 0 Å². The Hall–Kier alpha value is -1.42. The van der Waals surface area contributed by atoms with Crippen molar-refractivity contribution in [2.75, 3.05) is 31.1 Å². The van der Waals surface area contributed by atoms with Crippen molar-refractivity contribution in [3.8, 4) is 0 Å². The average Bonchev–Trinajstić information content (AvgIpc) is 2.32. The summed E-state index contributed by atoms with van der Waals surface area (Å²) in [7, 11) is 0. The normalized spacial score (nSPS) is 17.7. The first-order valence-corrected chi connectivity index (χ1v) is 5.11. The summed E-state index contributed by atoms with van der Waals surface area (Å²) in [6, 6.07) is 0. The van der Waals surface area contributed by atoms with E-state index in [-0.39, 0.29) is 0 Å². The van der Waals surface area contributed by atoms with Gasteiger partial charge in [0.2, 0.25) is 0 Å². The Labute approximate surface area is 90.2 Å². The third-order valence-corrected chi connectivity index (χ3v) is 2.50. The number of aromatic nitrogens is 2. The minimum atomic E-state index is 0.968. The Morgan fingerprint density at radius 3 is 2.60 bits per heavy atom. The molecule has 1 fully saturated rings. The number of hydrogen-bond acceptors (Lipinski definition) is 4. The number of rotatable bonds is 3. The molecule has 0 amide bonds. The van der Waals surface area contributed by atoms with Gasteiger partial charge in [0.1, 0.15) is 5.82 Å². The molecule has 1 saturated heterocycles. The van der Waals surface area contributed by atoms with Crippen molar-refractivity contribution < 1.29 is 0 Å². The standard InChI is InChI=1S/C11H15N4/c1-2-5-14-6-8-15(9-7-14)11-10-12-3-4-13-11/h2-5,10H,1,6-9H2. The van der Waals surface area contributed by atoms with Gasteiger partial charge in [-0.25, -0.2) is 4.98 Å². The summed E-state index contributed by atoms with van der Waals surface area (Å²) in [5, 5.41) is 0. The Kier molecular flexibility index (Phi) is 3.29. The molecular weight excluding hydrogens is 188 g/mol. The summed E-state index contributed by atoms with van der Waals surface area (Å²) in [6.07, 6.45) is 7.08. The van der Waals surface area contributed by atoms with E-state index in [9.17, 15) is 0 Å². The van der Waals surface area contributed by atoms with E-state index < -0.39 is 0 Å². The van der Waals surface area contributed by atoms with Crippen molar-refractivity contribution in [2.24, 2.45) is 0 Å². The SMILES string of the molecule is C=C[CH]N1CCN(c2cnccn2)CC1. The van der Waals surface area contributed by atoms with Crippen LogP contribution in [0.15, 0.2) is 31.2 Å². The lowest BCUT2D eigenvalue weighted by molar-refractivity contribution is 0.323. The molecule has 15 heavy (non-hydrogen) atoms. The third-order valence-electron chi connectivity index (χ3n) is 2.50. The van der Waals surface area contributed by atoms with Gasteiger partial charge in [0.25, 0.3) is 0 Å². The maximum absolute atomic E-state index is 4.29. The molecule has 0 spiro atoms. The van der Waals surface area contributed by atoms with E-state index >= 15 is 0 Å². The van der Waals surface area contributed by atoms with Crippen molar-refractivity contribution in [3.05, 3.63) is 37.8 Å². The van der Waals surface area contributed by atoms with E-state index in [0.717, 1.165) is 32.0 Å². The van der Waals surface area contributed by atoms with Gasteiger partial charge in [-0.3, -0.25) is 9.88 Å². The van der Waals surface area contributed by atoms with Crippen LogP contribution in [-0.4, -0.2) is 41.0 Å². The summed E-state index contributed by atoms with van der Waals surface area (Å²) in [5.74, 6) is 0.968. The molecule has 79 valence electrons. The fraction of sp³-hybridized carbons (Fsp3) is 0.364. The van der Waals surface area contributed by atoms with E-state index in [4.69, 9.17) is 0 Å². The van der Waals surface area contributed by atoms with Gasteiger partial charge in [-0.1, -0.05) is 6.08 Å². The van der Waals surface area contributed by atoms with Crippen LogP contribution in [0.5, 0.6) is 0 Å². The molecular formula is C11H15N4. The smallest absolute Gasteiger partial charge is 0.147 e. The first-order valence-electron chi connectivity index (χ1n) is 5.11. The summed E-state index contributed by atoms with van der Waals surface area (Å²) in [6.45, 7) is 9.75. The quantitative estimate of drug-likeness (QED) is 0.732. The largest absolute Gasteiger partial charge is 0.353 e. The molecule has 1 aliphatic rings. The fourth-order valence-electron chi connectivity index (χ4n) is 1.70. The summed E-state index contributed by atoms with van der Waals surface area (Å²) in [4.78, 5) is 12.9. The molecule has 4 nitrogen and oxygen atoms in total. The maximum atomic E-state index is 4.29. The van der Waals surface area contributed by atoms with E-state index in [2.05, 4.69) is 26.3 Å². The lowest BCUT2D eigenvalue weighted by atomic mass is 10.3. The van der Waals surface area contributed by atoms with Crippen molar-refractivity contribution in [3.63, 3.8) is 0 Å². The highest BCUT2D eigenvalue weighted by Gasteiger charge is 2.16. The zero-order valence-corrected chi connectivity index (χ0v) is 8.71. The van der Waals surface area contributed by atoms with Crippen molar-refractivity contribution >= 4 is 5.82 Å². The van der Waals surface area contributed by atoms with E-state index in [1.807, 2.05) is 18.8 Å². The van der Waals surface area contributed by atoms with Gasteiger partial charge in [-0.05, 0) is 0 Å². The van der Waals surface area contributed by atoms with Gasteiger partial charge in [-0.15, -0.1) is 6.58 Å². The Balaban J connectivity index is 1.91. The maximum Gasteiger partial charge on any atom is 0.147 e. The number of nitrogens with zero attached hydrogens (tertiary/aromatic N) is 4. The molecule has 0 bridgehead atoms. The molecule has 0 aromatic carbocycles. The number of hydrogen-bond donors (Lipinski definition) is 0. The topological polar surface area (TPSA) is 32.3 Å². The molecule has 0 atom stereocenters. The molecule has 2 rings (SSSR count). The lowest BCUT2D eigenvalue weighted by Crippen LogP contribution is -2.45. The summed E-state index contributed by atoms with van der Waals surface area (Å²) >= 11 is 0. The van der Waals surface area contributed by atoms with Gasteiger partial charge in [-0.2, -0.15) is 0 Å². The highest BCUT2D eigenvalue weighted by molar-refractivity contribution is 5.35. The molecule has 1 aromatic heterocycles. The van der Waals surface area contributed by atoms with Crippen molar-refractivity contribution in [2.45, 2.75) is 0 Å². The highest BCUT2D eigenvalue weighted by Crippen LogP contribution is 2.11. The predicted octanol–water partition coefficient (Wildman–Crippen LogP) is 0.946. The zero-order valence-electron chi connectivity index (χ0n) is 8.71. The molecule has 0 N–H and O–H groups in total. The summed E-state index contributed by atoms with van der Waals surface area (Å²) in [5.41, 5.74) is 0. The van der Waals surface area contributed by atoms with E-state index in [0.29, 0.717) is 0 Å². The van der Waals surface area contributed by atoms with Crippen molar-refractivity contribution in [1.82, 2.24) is 14.9 Å². The fourth-order valence-corrected chi connectivity index (χ4v) is 1.70. The Morgan fingerprint density at radius 1 is 1.20 bits per heavy atom. The monoisotopic (exact) mass is 203 g/mol. The molecule has 1 aliphatic heterocycles. The second kappa shape index (κ2) is 4.89. The summed E-state index contributed by atoms with van der Waals surface area (Å²) < 4.78 is 0. The minimum absolute atomic E-state index is 0.968. The van der Waals surface area contributed by atoms with Crippen LogP contribution < -0.4 is 4.90 Å². The van der Waals surface area contributed by atoms with Crippen LogP contribution in [0.3, 0.4) is 0 Å². The van der Waals surface area contributed by atoms with E-state index in [1.165, 1.54) is 0 Å². The number of anilines is 1. The van der Waals surface area contributed by atoms with Crippen LogP contribution in [0.4, 0.5) is 5.82 Å². The molecule has 1 aromatic rings. The third kappa shape index (κ3) is 2.53. The lowest BCUT2D eigenvalue weighted by Gasteiger charge is -2.34. The highest BCUT2D eigenvalue weighted by atomic mass is 15.3. The van der Waals surface area contributed by atoms with Gasteiger partial charge < -0.3 is 4.90 Å². The Bertz CT molecular complexity index is 304. The molecule has 0 aliphatic carbocycles. The van der Waals surface area contributed by atoms with Gasteiger partial charge in [0, 0.05) is 45.1 Å². The van der Waals surface area contributed by atoms with Crippen LogP contribution in [0, 0.1) is 6.54 Å². The second-order valence-corrected chi connectivity index (χ2v) is 3.47. The van der Waals surface area contributed by atoms with Gasteiger partial charge >= 0.3 is 0 Å². The zero-order chi connectivity index (χ0) is 10.5. The van der Waals surface area contributed by atoms with Crippen LogP contribution in [-0.2, 0) is 0 Å². The first kappa shape index (κ1) is 10.1. The molecule has 1 radical (unpaired) electrons. The van der Waals surface area contributed by atoms with Gasteiger partial charge in [0.15, 0.2) is 0 Å². The molecule has 4 heteroatoms. The minimum Gasteiger partial charge on any atom is -0.353 e. The Morgan fingerprint density at radius 2 is 2.00 bits per heavy atom. The van der Waals surface area contributed by atoms with Gasteiger partial charge in [0.05, 0.1) is 6.20 Å². The second-order valence-electron chi connectivity index (χ2n) is 3.47. The predicted molar refractivity (Wildman–Crippen MR) is 60.3 cm³/mol. The van der Waals surface area contributed by atoms with E-state index in [1.54, 1.807) is 12.4 Å². The van der Waals surface area contributed by atoms with Crippen LogP contribution in [0.25, 0.3) is 0 Å². The first-order chi connectivity index (χ1) is 7.40. The molecule has 0 saturated carbocycles. The van der Waals surface area contributed by atoms with Crippen LogP contribution in [0.1, 0.15) is 0 Å². The average molecular weight is 203 g/mol. The van der Waals surface area contributed by atoms with Crippen LogP contribution >= 0.6 is 0 Å². The number of piperazine rings is 1. The van der Waals surface area contributed by atoms with Crippen molar-refractivity contribution in [1.29, 1.82) is 0 Å². The molecule has 2 heterocycles.